The van der Waals surface area contributed by atoms with E-state index >= 15 is 0 Å². The SMILES string of the molecule is Cl.NC1CC(n2cnc(NC(=O)Cc3cccc4ccccc34)c2)C1.O=C(O)C1CCNCC1. The van der Waals surface area contributed by atoms with E-state index in [1.165, 1.54) is 0 Å². The fraction of sp³-hybridized carbons (Fsp3) is 0.400. The van der Waals surface area contributed by atoms with Crippen molar-refractivity contribution in [2.24, 2.45) is 11.7 Å². The third kappa shape index (κ3) is 6.56. The highest BCUT2D eigenvalue weighted by Crippen LogP contribution is 2.31. The topological polar surface area (TPSA) is 122 Å². The summed E-state index contributed by atoms with van der Waals surface area (Å²) in [5, 5.41) is 16.8. The number of aromatic nitrogens is 2. The minimum Gasteiger partial charge on any atom is -0.481 e. The standard InChI is InChI=1S/C19H20N4O.C6H11NO2.ClH/c20-15-9-16(10-15)23-11-18(21-12-23)22-19(24)8-14-6-3-5-13-4-1-2-7-17(13)14;8-6(9)5-1-3-7-4-2-5;/h1-7,11-12,15-16H,8-10,20H2,(H,22,24);5,7H,1-4H2,(H,8,9);1H. The highest BCUT2D eigenvalue weighted by Gasteiger charge is 2.27. The number of nitrogens with zero attached hydrogens (tertiary/aromatic N) is 2. The summed E-state index contributed by atoms with van der Waals surface area (Å²) in [7, 11) is 0. The maximum Gasteiger partial charge on any atom is 0.306 e. The molecule has 0 unspecified atom stereocenters. The number of nitrogens with two attached hydrogens (primary N) is 1. The van der Waals surface area contributed by atoms with Crippen LogP contribution in [0.5, 0.6) is 0 Å². The quantitative estimate of drug-likeness (QED) is 0.439. The van der Waals surface area contributed by atoms with E-state index in [4.69, 9.17) is 10.8 Å². The van der Waals surface area contributed by atoms with Crippen molar-refractivity contribution < 1.29 is 14.7 Å². The summed E-state index contributed by atoms with van der Waals surface area (Å²) in [6.07, 6.45) is 7.51. The number of halogens is 1. The van der Waals surface area contributed by atoms with E-state index in [0.29, 0.717) is 24.3 Å². The molecule has 2 fully saturated rings. The average Bonchev–Trinajstić information content (AvgIpc) is 3.26. The first-order valence-electron chi connectivity index (χ1n) is 11.5. The number of hydrogen-bond donors (Lipinski definition) is 4. The van der Waals surface area contributed by atoms with E-state index in [1.54, 1.807) is 6.33 Å². The molecule has 1 aliphatic carbocycles. The van der Waals surface area contributed by atoms with Gasteiger partial charge in [-0.15, -0.1) is 12.4 Å². The van der Waals surface area contributed by atoms with E-state index < -0.39 is 5.97 Å². The van der Waals surface area contributed by atoms with Crippen molar-refractivity contribution in [3.05, 3.63) is 60.6 Å². The van der Waals surface area contributed by atoms with E-state index in [2.05, 4.69) is 27.8 Å². The molecule has 1 aromatic heterocycles. The molecule has 0 radical (unpaired) electrons. The third-order valence-corrected chi connectivity index (χ3v) is 6.36. The van der Waals surface area contributed by atoms with Gasteiger partial charge in [0.05, 0.1) is 18.7 Å². The molecule has 1 aliphatic heterocycles. The predicted molar refractivity (Wildman–Crippen MR) is 135 cm³/mol. The number of carboxylic acid groups (broad SMARTS) is 1. The van der Waals surface area contributed by atoms with E-state index in [0.717, 1.165) is 55.1 Å². The fourth-order valence-corrected chi connectivity index (χ4v) is 4.35. The highest BCUT2D eigenvalue weighted by atomic mass is 35.5. The number of piperidine rings is 1. The Morgan fingerprint density at radius 2 is 1.82 bits per heavy atom. The van der Waals surface area contributed by atoms with Gasteiger partial charge in [-0.05, 0) is 55.1 Å². The number of amides is 1. The van der Waals surface area contributed by atoms with Crippen LogP contribution in [-0.4, -0.2) is 45.7 Å². The Kier molecular flexibility index (Phi) is 9.04. The Balaban J connectivity index is 0.000000275. The number of hydrogen-bond acceptors (Lipinski definition) is 5. The normalized spacial score (nSPS) is 19.8. The Bertz CT molecular complexity index is 1100. The first-order chi connectivity index (χ1) is 16.0. The van der Waals surface area contributed by atoms with Gasteiger partial charge in [0.1, 0.15) is 0 Å². The molecule has 3 aromatic rings. The summed E-state index contributed by atoms with van der Waals surface area (Å²) in [6.45, 7) is 1.72. The van der Waals surface area contributed by atoms with Crippen LogP contribution >= 0.6 is 12.4 Å². The van der Waals surface area contributed by atoms with Gasteiger partial charge in [-0.2, -0.15) is 0 Å². The van der Waals surface area contributed by atoms with Crippen LogP contribution in [0.1, 0.15) is 37.3 Å². The molecule has 1 saturated heterocycles. The number of benzene rings is 2. The number of fused-ring (bicyclic) bond motifs is 1. The Labute approximate surface area is 205 Å². The van der Waals surface area contributed by atoms with Crippen molar-refractivity contribution in [1.29, 1.82) is 0 Å². The molecule has 5 rings (SSSR count). The molecular weight excluding hydrogens is 454 g/mol. The average molecular weight is 486 g/mol. The molecule has 2 heterocycles. The molecule has 8 nitrogen and oxygen atoms in total. The van der Waals surface area contributed by atoms with Gasteiger partial charge in [0.2, 0.25) is 5.91 Å². The number of nitrogens with one attached hydrogen (secondary N) is 2. The van der Waals surface area contributed by atoms with Gasteiger partial charge in [-0.1, -0.05) is 42.5 Å². The zero-order valence-corrected chi connectivity index (χ0v) is 19.8. The van der Waals surface area contributed by atoms with Crippen LogP contribution < -0.4 is 16.4 Å². The zero-order valence-electron chi connectivity index (χ0n) is 19.0. The lowest BCUT2D eigenvalue weighted by molar-refractivity contribution is -0.142. The molecular formula is C25H32ClN5O3. The summed E-state index contributed by atoms with van der Waals surface area (Å²) in [4.78, 5) is 27.0. The lowest BCUT2D eigenvalue weighted by Crippen LogP contribution is -2.37. The Morgan fingerprint density at radius 1 is 1.12 bits per heavy atom. The summed E-state index contributed by atoms with van der Waals surface area (Å²) >= 11 is 0. The molecule has 0 spiro atoms. The lowest BCUT2D eigenvalue weighted by atomic mass is 9.87. The molecule has 1 amide bonds. The van der Waals surface area contributed by atoms with Gasteiger partial charge in [0.15, 0.2) is 5.82 Å². The first kappa shape index (κ1) is 25.7. The van der Waals surface area contributed by atoms with Crippen LogP contribution in [0.4, 0.5) is 5.82 Å². The van der Waals surface area contributed by atoms with Crippen molar-refractivity contribution in [2.45, 2.75) is 44.2 Å². The minimum atomic E-state index is -0.642. The van der Waals surface area contributed by atoms with E-state index in [-0.39, 0.29) is 24.2 Å². The van der Waals surface area contributed by atoms with Crippen molar-refractivity contribution in [2.75, 3.05) is 18.4 Å². The van der Waals surface area contributed by atoms with Gasteiger partial charge in [-0.3, -0.25) is 9.59 Å². The fourth-order valence-electron chi connectivity index (χ4n) is 4.35. The number of carbonyl (C=O) groups is 2. The van der Waals surface area contributed by atoms with Crippen molar-refractivity contribution in [3.63, 3.8) is 0 Å². The minimum absolute atomic E-state index is 0. The van der Waals surface area contributed by atoms with Gasteiger partial charge >= 0.3 is 5.97 Å². The number of carboxylic acids is 1. The van der Waals surface area contributed by atoms with Crippen LogP contribution in [0.2, 0.25) is 0 Å². The molecule has 2 aliphatic rings. The number of anilines is 1. The Morgan fingerprint density at radius 3 is 2.50 bits per heavy atom. The molecule has 1 saturated carbocycles. The van der Waals surface area contributed by atoms with Gasteiger partial charge in [-0.25, -0.2) is 4.98 Å². The van der Waals surface area contributed by atoms with Crippen LogP contribution in [0.3, 0.4) is 0 Å². The number of carbonyl (C=O) groups excluding carboxylic acids is 1. The van der Waals surface area contributed by atoms with Gasteiger partial charge in [0.25, 0.3) is 0 Å². The van der Waals surface area contributed by atoms with E-state index in [9.17, 15) is 9.59 Å². The molecule has 182 valence electrons. The van der Waals surface area contributed by atoms with Crippen molar-refractivity contribution in [1.82, 2.24) is 14.9 Å². The molecule has 2 aromatic carbocycles. The second-order valence-corrected chi connectivity index (χ2v) is 8.82. The molecule has 0 atom stereocenters. The van der Waals surface area contributed by atoms with Crippen LogP contribution in [0, 0.1) is 5.92 Å². The number of rotatable bonds is 5. The predicted octanol–water partition coefficient (Wildman–Crippen LogP) is 3.37. The monoisotopic (exact) mass is 485 g/mol. The maximum atomic E-state index is 12.4. The largest absolute Gasteiger partial charge is 0.481 e. The second-order valence-electron chi connectivity index (χ2n) is 8.82. The summed E-state index contributed by atoms with van der Waals surface area (Å²) < 4.78 is 2.04. The lowest BCUT2D eigenvalue weighted by Gasteiger charge is -2.33. The highest BCUT2D eigenvalue weighted by molar-refractivity contribution is 5.95. The maximum absolute atomic E-state index is 12.4. The van der Waals surface area contributed by atoms with Crippen LogP contribution in [0.25, 0.3) is 10.8 Å². The molecule has 5 N–H and O–H groups in total. The van der Waals surface area contributed by atoms with Crippen molar-refractivity contribution >= 4 is 40.9 Å². The zero-order chi connectivity index (χ0) is 23.2. The molecule has 9 heteroatoms. The summed E-state index contributed by atoms with van der Waals surface area (Å²) in [5.74, 6) is -0.189. The summed E-state index contributed by atoms with van der Waals surface area (Å²) in [5.41, 5.74) is 6.84. The molecule has 34 heavy (non-hydrogen) atoms. The van der Waals surface area contributed by atoms with Gasteiger partial charge in [0, 0.05) is 18.3 Å². The van der Waals surface area contributed by atoms with Crippen LogP contribution in [-0.2, 0) is 16.0 Å². The number of aliphatic carboxylic acids is 1. The first-order valence-corrected chi connectivity index (χ1v) is 11.5. The van der Waals surface area contributed by atoms with Gasteiger partial charge < -0.3 is 26.0 Å². The second kappa shape index (κ2) is 12.0. The van der Waals surface area contributed by atoms with Crippen LogP contribution in [0.15, 0.2) is 55.0 Å². The van der Waals surface area contributed by atoms with E-state index in [1.807, 2.05) is 41.1 Å². The summed E-state index contributed by atoms with van der Waals surface area (Å²) in [6, 6.07) is 14.9. The smallest absolute Gasteiger partial charge is 0.306 e. The number of imidazole rings is 1. The third-order valence-electron chi connectivity index (χ3n) is 6.36. The Hall–Kier alpha value is -2.94. The van der Waals surface area contributed by atoms with Crippen molar-refractivity contribution in [3.8, 4) is 0 Å². The molecule has 0 bridgehead atoms.